The van der Waals surface area contributed by atoms with Gasteiger partial charge in [-0.1, -0.05) is 17.7 Å². The molecule has 0 radical (unpaired) electrons. The topological polar surface area (TPSA) is 38.8 Å². The number of benzene rings is 1. The van der Waals surface area contributed by atoms with Crippen molar-refractivity contribution in [2.24, 2.45) is 0 Å². The summed E-state index contributed by atoms with van der Waals surface area (Å²) in [5, 5.41) is 2.44. The van der Waals surface area contributed by atoms with Crippen molar-refractivity contribution >= 4 is 34.9 Å². The largest absolute Gasteiger partial charge is 0.491 e. The summed E-state index contributed by atoms with van der Waals surface area (Å²) in [5.41, 5.74) is 0.780. The average Bonchev–Trinajstić information content (AvgIpc) is 3.05. The van der Waals surface area contributed by atoms with E-state index in [2.05, 4.69) is 0 Å². The van der Waals surface area contributed by atoms with Crippen LogP contribution in [0.25, 0.3) is 6.08 Å². The van der Waals surface area contributed by atoms with E-state index in [0.717, 1.165) is 10.4 Å². The number of thiophene rings is 1. The molecule has 6 heteroatoms. The Morgan fingerprint density at radius 1 is 1.42 bits per heavy atom. The number of hydrogen-bond acceptors (Lipinski definition) is 4. The highest BCUT2D eigenvalue weighted by Crippen LogP contribution is 2.36. The number of hydrogen-bond donors (Lipinski definition) is 0. The second-order valence-electron chi connectivity index (χ2n) is 5.07. The molecule has 0 atom stereocenters. The van der Waals surface area contributed by atoms with Gasteiger partial charge in [0.05, 0.1) is 25.3 Å². The van der Waals surface area contributed by atoms with E-state index in [1.807, 2.05) is 24.4 Å². The Morgan fingerprint density at radius 3 is 2.83 bits per heavy atom. The number of likely N-dealkylation sites (N-methyl/N-ethyl adjacent to an activating group) is 1. The molecule has 0 spiro atoms. The molecule has 1 aromatic heterocycles. The third-order valence-electron chi connectivity index (χ3n) is 3.30. The zero-order valence-electron chi connectivity index (χ0n) is 13.9. The van der Waals surface area contributed by atoms with Crippen LogP contribution in [-0.4, -0.2) is 31.6 Å². The number of carbonyl (C=O) groups is 1. The Hall–Kier alpha value is -1.98. The van der Waals surface area contributed by atoms with E-state index in [1.165, 1.54) is 6.08 Å². The third-order valence-corrected chi connectivity index (χ3v) is 4.45. The van der Waals surface area contributed by atoms with Crippen LogP contribution in [0.15, 0.2) is 35.7 Å². The predicted molar refractivity (Wildman–Crippen MR) is 99.0 cm³/mol. The summed E-state index contributed by atoms with van der Waals surface area (Å²) in [6.45, 7) is 2.98. The molecule has 0 aliphatic rings. The van der Waals surface area contributed by atoms with Gasteiger partial charge in [-0.25, -0.2) is 0 Å². The van der Waals surface area contributed by atoms with Crippen molar-refractivity contribution in [3.63, 3.8) is 0 Å². The lowest BCUT2D eigenvalue weighted by molar-refractivity contribution is -0.125. The first kappa shape index (κ1) is 18.4. The number of methoxy groups -OCH3 is 1. The lowest BCUT2D eigenvalue weighted by Gasteiger charge is -2.14. The van der Waals surface area contributed by atoms with Crippen LogP contribution < -0.4 is 9.47 Å². The van der Waals surface area contributed by atoms with Gasteiger partial charge in [-0.15, -0.1) is 11.3 Å². The molecule has 1 aromatic carbocycles. The van der Waals surface area contributed by atoms with Gasteiger partial charge in [-0.05, 0) is 42.1 Å². The minimum absolute atomic E-state index is 0.0756. The number of carbonyl (C=O) groups excluding carboxylic acids is 1. The summed E-state index contributed by atoms with van der Waals surface area (Å²) in [7, 11) is 3.32. The maximum absolute atomic E-state index is 12.2. The molecule has 0 N–H and O–H groups in total. The SMILES string of the molecule is CCOc1cc(/C=C/C(=O)N(C)Cc2cccs2)cc(Cl)c1OC. The molecule has 1 amide bonds. The summed E-state index contributed by atoms with van der Waals surface area (Å²) < 4.78 is 10.8. The molecule has 128 valence electrons. The fourth-order valence-electron chi connectivity index (χ4n) is 2.15. The molecule has 0 aliphatic heterocycles. The first-order chi connectivity index (χ1) is 11.5. The van der Waals surface area contributed by atoms with Gasteiger partial charge in [-0.3, -0.25) is 4.79 Å². The summed E-state index contributed by atoms with van der Waals surface area (Å²) in [6, 6.07) is 7.53. The van der Waals surface area contributed by atoms with Crippen molar-refractivity contribution in [1.82, 2.24) is 4.90 Å². The second kappa shape index (κ2) is 8.76. The molecule has 2 rings (SSSR count). The van der Waals surface area contributed by atoms with Gasteiger partial charge in [0.15, 0.2) is 11.5 Å². The Kier molecular flexibility index (Phi) is 6.70. The van der Waals surface area contributed by atoms with Crippen LogP contribution in [0.2, 0.25) is 5.02 Å². The fourth-order valence-corrected chi connectivity index (χ4v) is 3.21. The van der Waals surface area contributed by atoms with Crippen molar-refractivity contribution in [2.45, 2.75) is 13.5 Å². The van der Waals surface area contributed by atoms with Gasteiger partial charge < -0.3 is 14.4 Å². The molecule has 0 unspecified atom stereocenters. The maximum Gasteiger partial charge on any atom is 0.246 e. The highest BCUT2D eigenvalue weighted by molar-refractivity contribution is 7.09. The van der Waals surface area contributed by atoms with Crippen LogP contribution >= 0.6 is 22.9 Å². The molecule has 0 aliphatic carbocycles. The number of ether oxygens (including phenoxy) is 2. The van der Waals surface area contributed by atoms with Gasteiger partial charge in [-0.2, -0.15) is 0 Å². The van der Waals surface area contributed by atoms with Crippen LogP contribution in [0.3, 0.4) is 0 Å². The molecule has 1 heterocycles. The molecule has 24 heavy (non-hydrogen) atoms. The molecule has 0 bridgehead atoms. The van der Waals surface area contributed by atoms with Crippen molar-refractivity contribution in [1.29, 1.82) is 0 Å². The molecule has 0 fully saturated rings. The van der Waals surface area contributed by atoms with E-state index in [1.54, 1.807) is 48.6 Å². The number of amides is 1. The Balaban J connectivity index is 2.11. The van der Waals surface area contributed by atoms with Crippen LogP contribution in [0.1, 0.15) is 17.4 Å². The lowest BCUT2D eigenvalue weighted by atomic mass is 10.2. The minimum atomic E-state index is -0.0756. The third kappa shape index (κ3) is 4.76. The van der Waals surface area contributed by atoms with Crippen molar-refractivity contribution in [3.8, 4) is 11.5 Å². The molecular formula is C18H20ClNO3S. The molecular weight excluding hydrogens is 346 g/mol. The molecule has 0 saturated heterocycles. The maximum atomic E-state index is 12.2. The molecule has 4 nitrogen and oxygen atoms in total. The van der Waals surface area contributed by atoms with Crippen LogP contribution in [0.4, 0.5) is 0 Å². The fraction of sp³-hybridized carbons (Fsp3) is 0.278. The lowest BCUT2D eigenvalue weighted by Crippen LogP contribution is -2.23. The van der Waals surface area contributed by atoms with Crippen molar-refractivity contribution in [2.75, 3.05) is 20.8 Å². The van der Waals surface area contributed by atoms with Gasteiger partial charge in [0.1, 0.15) is 0 Å². The summed E-state index contributed by atoms with van der Waals surface area (Å²) >= 11 is 7.84. The average molecular weight is 366 g/mol. The van der Waals surface area contributed by atoms with E-state index < -0.39 is 0 Å². The molecule has 2 aromatic rings. The van der Waals surface area contributed by atoms with E-state index in [4.69, 9.17) is 21.1 Å². The Labute approximate surface area is 151 Å². The zero-order chi connectivity index (χ0) is 17.5. The van der Waals surface area contributed by atoms with E-state index in [9.17, 15) is 4.79 Å². The van der Waals surface area contributed by atoms with Crippen LogP contribution in [0.5, 0.6) is 11.5 Å². The highest BCUT2D eigenvalue weighted by Gasteiger charge is 2.11. The first-order valence-electron chi connectivity index (χ1n) is 7.51. The summed E-state index contributed by atoms with van der Waals surface area (Å²) in [5.74, 6) is 0.983. The van der Waals surface area contributed by atoms with Crippen molar-refractivity contribution < 1.29 is 14.3 Å². The smallest absolute Gasteiger partial charge is 0.246 e. The normalized spacial score (nSPS) is 10.8. The monoisotopic (exact) mass is 365 g/mol. The van der Waals surface area contributed by atoms with Crippen LogP contribution in [0, 0.1) is 0 Å². The van der Waals surface area contributed by atoms with E-state index in [-0.39, 0.29) is 5.91 Å². The highest BCUT2D eigenvalue weighted by atomic mass is 35.5. The standard InChI is InChI=1S/C18H20ClNO3S/c1-4-23-16-11-13(10-15(19)18(16)22-3)7-8-17(21)20(2)12-14-6-5-9-24-14/h5-11H,4,12H2,1-3H3/b8-7+. The quantitative estimate of drug-likeness (QED) is 0.679. The van der Waals surface area contributed by atoms with Gasteiger partial charge in [0.25, 0.3) is 0 Å². The van der Waals surface area contributed by atoms with Gasteiger partial charge in [0, 0.05) is 18.0 Å². The van der Waals surface area contributed by atoms with E-state index in [0.29, 0.717) is 29.7 Å². The first-order valence-corrected chi connectivity index (χ1v) is 8.76. The number of nitrogens with zero attached hydrogens (tertiary/aromatic N) is 1. The number of halogens is 1. The van der Waals surface area contributed by atoms with Gasteiger partial charge >= 0.3 is 0 Å². The Bertz CT molecular complexity index is 713. The van der Waals surface area contributed by atoms with Gasteiger partial charge in [0.2, 0.25) is 5.91 Å². The number of rotatable bonds is 7. The second-order valence-corrected chi connectivity index (χ2v) is 6.51. The van der Waals surface area contributed by atoms with Crippen LogP contribution in [-0.2, 0) is 11.3 Å². The summed E-state index contributed by atoms with van der Waals surface area (Å²) in [6.07, 6.45) is 3.25. The Morgan fingerprint density at radius 2 is 2.21 bits per heavy atom. The zero-order valence-corrected chi connectivity index (χ0v) is 15.5. The minimum Gasteiger partial charge on any atom is -0.491 e. The molecule has 0 saturated carbocycles. The van der Waals surface area contributed by atoms with Crippen molar-refractivity contribution in [3.05, 3.63) is 51.2 Å². The summed E-state index contributed by atoms with van der Waals surface area (Å²) in [4.78, 5) is 15.0. The predicted octanol–water partition coefficient (Wildman–Crippen LogP) is 4.48. The van der Waals surface area contributed by atoms with E-state index >= 15 is 0 Å².